The molecule has 190 valence electrons. The van der Waals surface area contributed by atoms with Gasteiger partial charge in [-0.05, 0) is 65.0 Å². The molecule has 36 heavy (non-hydrogen) atoms. The molecule has 4 aromatic rings. The first kappa shape index (κ1) is 26.2. The minimum Gasteiger partial charge on any atom is -0.225 e. The number of nitrogens with zero attached hydrogens (tertiary/aromatic N) is 2. The standard InChI is InChI=1S/C34H45N2/c1-21(2)25-16-18-30-31(19-25)36(32-27(22(3)4)13-12-14-28(32)23(5)6)33(35(30)11)29-20-26(34(8,9)10)17-15-24(29)7/h12-23H,1-11H3/q+1. The van der Waals surface area contributed by atoms with Gasteiger partial charge in [-0.2, -0.15) is 4.57 Å². The number of fused-ring (bicyclic) bond motifs is 1. The van der Waals surface area contributed by atoms with Crippen LogP contribution in [0.25, 0.3) is 28.1 Å². The second-order valence-corrected chi connectivity index (χ2v) is 12.5. The van der Waals surface area contributed by atoms with Crippen LogP contribution in [0.2, 0.25) is 0 Å². The molecule has 0 N–H and O–H groups in total. The van der Waals surface area contributed by atoms with Crippen LogP contribution in [0.15, 0.2) is 54.6 Å². The number of benzene rings is 3. The highest BCUT2D eigenvalue weighted by Crippen LogP contribution is 2.38. The Balaban J connectivity index is 2.25. The Hall–Kier alpha value is -2.87. The Morgan fingerprint density at radius 1 is 0.750 bits per heavy atom. The Labute approximate surface area is 219 Å². The molecule has 0 atom stereocenters. The minimum atomic E-state index is 0.0849. The van der Waals surface area contributed by atoms with Gasteiger partial charge in [0, 0.05) is 11.1 Å². The summed E-state index contributed by atoms with van der Waals surface area (Å²) in [5.41, 5.74) is 12.1. The normalized spacial score (nSPS) is 12.5. The van der Waals surface area contributed by atoms with Gasteiger partial charge in [0.05, 0.1) is 12.6 Å². The lowest BCUT2D eigenvalue weighted by molar-refractivity contribution is -0.633. The molecule has 0 spiro atoms. The second kappa shape index (κ2) is 9.54. The third-order valence-electron chi connectivity index (χ3n) is 7.71. The number of aromatic nitrogens is 2. The third kappa shape index (κ3) is 4.51. The van der Waals surface area contributed by atoms with E-state index in [0.717, 1.165) is 0 Å². The van der Waals surface area contributed by atoms with Crippen molar-refractivity contribution < 1.29 is 4.57 Å². The summed E-state index contributed by atoms with van der Waals surface area (Å²) in [6, 6.07) is 21.0. The van der Waals surface area contributed by atoms with E-state index in [1.54, 1.807) is 0 Å². The molecule has 2 nitrogen and oxygen atoms in total. The van der Waals surface area contributed by atoms with Crippen LogP contribution in [0.4, 0.5) is 0 Å². The fourth-order valence-electron chi connectivity index (χ4n) is 5.37. The predicted molar refractivity (Wildman–Crippen MR) is 156 cm³/mol. The Morgan fingerprint density at radius 2 is 1.36 bits per heavy atom. The molecule has 3 aromatic carbocycles. The molecule has 2 heteroatoms. The molecule has 0 unspecified atom stereocenters. The summed E-state index contributed by atoms with van der Waals surface area (Å²) in [5.74, 6) is 2.57. The minimum absolute atomic E-state index is 0.0849. The molecular formula is C34H45N2+. The Morgan fingerprint density at radius 3 is 1.89 bits per heavy atom. The SMILES string of the molecule is Cc1ccc(C(C)(C)C)cc1-c1n(-c2c(C(C)C)cccc2C(C)C)c2cc(C(C)C)ccc2[n+]1C. The van der Waals surface area contributed by atoms with Gasteiger partial charge in [0.15, 0.2) is 11.0 Å². The van der Waals surface area contributed by atoms with Crippen LogP contribution in [-0.2, 0) is 12.5 Å². The molecule has 0 fully saturated rings. The summed E-state index contributed by atoms with van der Waals surface area (Å²) in [7, 11) is 2.24. The zero-order chi connectivity index (χ0) is 26.5. The third-order valence-corrected chi connectivity index (χ3v) is 7.71. The lowest BCUT2D eigenvalue weighted by atomic mass is 9.85. The van der Waals surface area contributed by atoms with E-state index in [1.165, 1.54) is 55.9 Å². The van der Waals surface area contributed by atoms with Crippen molar-refractivity contribution in [2.24, 2.45) is 7.05 Å². The van der Waals surface area contributed by atoms with Gasteiger partial charge in [-0.1, -0.05) is 98.7 Å². The molecule has 0 saturated heterocycles. The highest BCUT2D eigenvalue weighted by Gasteiger charge is 2.32. The van der Waals surface area contributed by atoms with Crippen molar-refractivity contribution in [1.29, 1.82) is 0 Å². The zero-order valence-corrected chi connectivity index (χ0v) is 24.3. The molecule has 0 bridgehead atoms. The van der Waals surface area contributed by atoms with Crippen molar-refractivity contribution in [2.75, 3.05) is 0 Å². The topological polar surface area (TPSA) is 8.81 Å². The van der Waals surface area contributed by atoms with E-state index in [4.69, 9.17) is 0 Å². The van der Waals surface area contributed by atoms with Crippen LogP contribution in [0.1, 0.15) is 108 Å². The van der Waals surface area contributed by atoms with Crippen molar-refractivity contribution in [3.8, 4) is 17.1 Å². The van der Waals surface area contributed by atoms with Gasteiger partial charge in [-0.15, -0.1) is 0 Å². The number of hydrogen-bond acceptors (Lipinski definition) is 0. The maximum Gasteiger partial charge on any atom is 0.295 e. The second-order valence-electron chi connectivity index (χ2n) is 12.5. The molecule has 0 aliphatic heterocycles. The number of hydrogen-bond donors (Lipinski definition) is 0. The van der Waals surface area contributed by atoms with Crippen LogP contribution < -0.4 is 4.57 Å². The maximum atomic E-state index is 2.58. The van der Waals surface area contributed by atoms with E-state index < -0.39 is 0 Å². The van der Waals surface area contributed by atoms with Gasteiger partial charge in [-0.25, -0.2) is 4.57 Å². The van der Waals surface area contributed by atoms with Crippen LogP contribution in [-0.4, -0.2) is 4.57 Å². The first-order chi connectivity index (χ1) is 16.8. The summed E-state index contributed by atoms with van der Waals surface area (Å²) in [6.45, 7) is 23.0. The lowest BCUT2D eigenvalue weighted by Crippen LogP contribution is -2.31. The quantitative estimate of drug-likeness (QED) is 0.251. The molecule has 0 aliphatic carbocycles. The summed E-state index contributed by atoms with van der Waals surface area (Å²) in [6.07, 6.45) is 0. The highest BCUT2D eigenvalue weighted by molar-refractivity contribution is 5.82. The fourth-order valence-corrected chi connectivity index (χ4v) is 5.37. The Bertz CT molecular complexity index is 1380. The van der Waals surface area contributed by atoms with Gasteiger partial charge in [-0.3, -0.25) is 0 Å². The summed E-state index contributed by atoms with van der Waals surface area (Å²) in [4.78, 5) is 0. The average molecular weight is 482 g/mol. The van der Waals surface area contributed by atoms with Crippen molar-refractivity contribution in [3.63, 3.8) is 0 Å². The summed E-state index contributed by atoms with van der Waals surface area (Å²) in [5, 5.41) is 0. The molecule has 0 saturated carbocycles. The summed E-state index contributed by atoms with van der Waals surface area (Å²) >= 11 is 0. The van der Waals surface area contributed by atoms with Crippen molar-refractivity contribution in [2.45, 2.75) is 92.4 Å². The van der Waals surface area contributed by atoms with E-state index in [9.17, 15) is 0 Å². The van der Waals surface area contributed by atoms with Crippen molar-refractivity contribution in [1.82, 2.24) is 4.57 Å². The average Bonchev–Trinajstić information content (AvgIpc) is 3.09. The van der Waals surface area contributed by atoms with Crippen LogP contribution in [0, 0.1) is 6.92 Å². The molecule has 0 aliphatic rings. The van der Waals surface area contributed by atoms with Crippen molar-refractivity contribution >= 4 is 11.0 Å². The van der Waals surface area contributed by atoms with Gasteiger partial charge >= 0.3 is 0 Å². The largest absolute Gasteiger partial charge is 0.295 e. The first-order valence-corrected chi connectivity index (χ1v) is 13.6. The number of rotatable bonds is 5. The smallest absolute Gasteiger partial charge is 0.225 e. The van der Waals surface area contributed by atoms with Gasteiger partial charge in [0.2, 0.25) is 0 Å². The molecule has 1 heterocycles. The maximum absolute atomic E-state index is 2.58. The predicted octanol–water partition coefficient (Wildman–Crippen LogP) is 9.10. The van der Waals surface area contributed by atoms with E-state index in [-0.39, 0.29) is 5.41 Å². The van der Waals surface area contributed by atoms with Gasteiger partial charge in [0.25, 0.3) is 5.82 Å². The van der Waals surface area contributed by atoms with Crippen molar-refractivity contribution in [3.05, 3.63) is 82.4 Å². The van der Waals surface area contributed by atoms with E-state index in [2.05, 4.69) is 140 Å². The number of para-hydroxylation sites is 1. The first-order valence-electron chi connectivity index (χ1n) is 13.6. The van der Waals surface area contributed by atoms with E-state index in [0.29, 0.717) is 17.8 Å². The van der Waals surface area contributed by atoms with Crippen LogP contribution >= 0.6 is 0 Å². The molecule has 0 amide bonds. The molecule has 1 aromatic heterocycles. The highest BCUT2D eigenvalue weighted by atomic mass is 15.2. The van der Waals surface area contributed by atoms with E-state index in [1.807, 2.05) is 0 Å². The summed E-state index contributed by atoms with van der Waals surface area (Å²) < 4.78 is 5.00. The molecule has 4 rings (SSSR count). The molecule has 0 radical (unpaired) electrons. The van der Waals surface area contributed by atoms with Gasteiger partial charge < -0.3 is 0 Å². The van der Waals surface area contributed by atoms with Gasteiger partial charge in [0.1, 0.15) is 5.69 Å². The Kier molecular flexibility index (Phi) is 6.94. The van der Waals surface area contributed by atoms with E-state index >= 15 is 0 Å². The fraction of sp³-hybridized carbons (Fsp3) is 0.441. The number of aryl methyl sites for hydroxylation is 2. The number of imidazole rings is 1. The zero-order valence-electron chi connectivity index (χ0n) is 24.3. The monoisotopic (exact) mass is 481 g/mol. The van der Waals surface area contributed by atoms with Crippen LogP contribution in [0.5, 0.6) is 0 Å². The lowest BCUT2D eigenvalue weighted by Gasteiger charge is -2.21. The molecular weight excluding hydrogens is 436 g/mol. The van der Waals surface area contributed by atoms with Crippen LogP contribution in [0.3, 0.4) is 0 Å².